The van der Waals surface area contributed by atoms with Crippen LogP contribution in [0.1, 0.15) is 59.3 Å². The molecule has 1 fully saturated rings. The summed E-state index contributed by atoms with van der Waals surface area (Å²) in [5, 5.41) is 11.4. The quantitative estimate of drug-likeness (QED) is 0.548. The van der Waals surface area contributed by atoms with Crippen LogP contribution in [-0.4, -0.2) is 16.2 Å². The molecule has 4 nitrogen and oxygen atoms in total. The molecule has 0 aromatic rings. The highest BCUT2D eigenvalue weighted by atomic mass is 16.6. The molecule has 92 valence electrons. The van der Waals surface area contributed by atoms with Crippen LogP contribution >= 0.6 is 0 Å². The van der Waals surface area contributed by atoms with Crippen molar-refractivity contribution in [1.82, 2.24) is 0 Å². The summed E-state index contributed by atoms with van der Waals surface area (Å²) >= 11 is 0. The van der Waals surface area contributed by atoms with Gasteiger partial charge in [-0.1, -0.05) is 20.3 Å². The van der Waals surface area contributed by atoms with E-state index < -0.39 is 11.0 Å². The van der Waals surface area contributed by atoms with Gasteiger partial charge in [-0.2, -0.15) is 0 Å². The van der Waals surface area contributed by atoms with E-state index in [2.05, 4.69) is 0 Å². The maximum atomic E-state index is 11.4. The Morgan fingerprint density at radius 2 is 1.81 bits per heavy atom. The van der Waals surface area contributed by atoms with E-state index >= 15 is 0 Å². The summed E-state index contributed by atoms with van der Waals surface area (Å²) in [7, 11) is 0. The number of rotatable bonds is 4. The third-order valence-corrected chi connectivity index (χ3v) is 3.98. The first kappa shape index (κ1) is 13.1. The Bertz CT molecular complexity index is 291. The van der Waals surface area contributed by atoms with E-state index in [1.807, 2.05) is 13.8 Å². The normalized spacial score (nSPS) is 20.4. The number of hydrogen-bond acceptors (Lipinski definition) is 3. The van der Waals surface area contributed by atoms with Crippen LogP contribution in [0.4, 0.5) is 0 Å². The molecule has 0 aromatic heterocycles. The lowest BCUT2D eigenvalue weighted by atomic mass is 9.63. The number of carbonyl (C=O) groups excluding carboxylic acids is 1. The zero-order valence-electron chi connectivity index (χ0n) is 10.4. The molecule has 0 spiro atoms. The van der Waals surface area contributed by atoms with Gasteiger partial charge in [-0.05, 0) is 19.8 Å². The number of hydrogen-bond donors (Lipinski definition) is 0. The molecule has 1 saturated carbocycles. The fourth-order valence-corrected chi connectivity index (χ4v) is 3.03. The molecular weight excluding hydrogens is 206 g/mol. The van der Waals surface area contributed by atoms with E-state index in [9.17, 15) is 14.9 Å². The Hall–Kier alpha value is -0.930. The van der Waals surface area contributed by atoms with E-state index in [1.165, 1.54) is 6.92 Å². The van der Waals surface area contributed by atoms with Gasteiger partial charge in [-0.25, -0.2) is 0 Å². The predicted octanol–water partition coefficient (Wildman–Crippen LogP) is 2.97. The van der Waals surface area contributed by atoms with Gasteiger partial charge >= 0.3 is 0 Å². The predicted molar refractivity (Wildman–Crippen MR) is 61.9 cm³/mol. The molecule has 0 saturated heterocycles. The van der Waals surface area contributed by atoms with Gasteiger partial charge in [-0.3, -0.25) is 10.1 Å². The van der Waals surface area contributed by atoms with Crippen LogP contribution in [0.25, 0.3) is 0 Å². The Morgan fingerprint density at radius 3 is 2.19 bits per heavy atom. The van der Waals surface area contributed by atoms with Crippen LogP contribution in [0.2, 0.25) is 0 Å². The van der Waals surface area contributed by atoms with Crippen molar-refractivity contribution in [3.05, 3.63) is 10.1 Å². The fourth-order valence-electron chi connectivity index (χ4n) is 3.03. The second-order valence-corrected chi connectivity index (χ2v) is 5.61. The summed E-state index contributed by atoms with van der Waals surface area (Å²) in [5.41, 5.74) is -1.43. The van der Waals surface area contributed by atoms with Gasteiger partial charge in [0.15, 0.2) is 0 Å². The van der Waals surface area contributed by atoms with Crippen molar-refractivity contribution in [2.24, 2.45) is 5.41 Å². The Kier molecular flexibility index (Phi) is 3.71. The number of nitrogens with zero attached hydrogens (tertiary/aromatic N) is 1. The third-order valence-electron chi connectivity index (χ3n) is 3.98. The number of nitro groups is 1. The number of ketones is 1. The van der Waals surface area contributed by atoms with Crippen molar-refractivity contribution in [3.8, 4) is 0 Å². The van der Waals surface area contributed by atoms with Crippen molar-refractivity contribution < 1.29 is 9.72 Å². The van der Waals surface area contributed by atoms with Gasteiger partial charge in [0.2, 0.25) is 5.54 Å². The van der Waals surface area contributed by atoms with E-state index in [-0.39, 0.29) is 10.7 Å². The lowest BCUT2D eigenvalue weighted by molar-refractivity contribution is -0.595. The number of Topliss-reactive ketones (excluding diaryl/α,β-unsaturated/α-hetero) is 1. The zero-order chi connectivity index (χ0) is 12.4. The molecule has 0 heterocycles. The molecule has 0 atom stereocenters. The van der Waals surface area contributed by atoms with Crippen LogP contribution in [0.5, 0.6) is 0 Å². The Morgan fingerprint density at radius 1 is 1.31 bits per heavy atom. The topological polar surface area (TPSA) is 60.2 Å². The third kappa shape index (κ3) is 2.25. The molecule has 0 N–H and O–H groups in total. The minimum atomic E-state index is -0.892. The summed E-state index contributed by atoms with van der Waals surface area (Å²) in [4.78, 5) is 22.5. The maximum Gasteiger partial charge on any atom is 0.227 e. The van der Waals surface area contributed by atoms with E-state index in [0.29, 0.717) is 19.3 Å². The summed E-state index contributed by atoms with van der Waals surface area (Å²) in [6.07, 6.45) is 4.41. The van der Waals surface area contributed by atoms with Crippen LogP contribution in [0, 0.1) is 15.5 Å². The van der Waals surface area contributed by atoms with Gasteiger partial charge < -0.3 is 4.79 Å². The van der Waals surface area contributed by atoms with Crippen molar-refractivity contribution in [1.29, 1.82) is 0 Å². The maximum absolute atomic E-state index is 11.4. The van der Waals surface area contributed by atoms with Gasteiger partial charge in [-0.15, -0.1) is 0 Å². The van der Waals surface area contributed by atoms with Crippen molar-refractivity contribution in [3.63, 3.8) is 0 Å². The molecule has 4 heteroatoms. The molecule has 0 bridgehead atoms. The van der Waals surface area contributed by atoms with Gasteiger partial charge in [0.25, 0.3) is 0 Å². The minimum absolute atomic E-state index is 0.0387. The van der Waals surface area contributed by atoms with Gasteiger partial charge in [0.1, 0.15) is 5.78 Å². The fraction of sp³-hybridized carbons (Fsp3) is 0.917. The second-order valence-electron chi connectivity index (χ2n) is 5.61. The lowest BCUT2D eigenvalue weighted by Gasteiger charge is -2.41. The van der Waals surface area contributed by atoms with E-state index in [4.69, 9.17) is 0 Å². The first-order valence-corrected chi connectivity index (χ1v) is 5.96. The molecule has 0 unspecified atom stereocenters. The molecule has 16 heavy (non-hydrogen) atoms. The summed E-state index contributed by atoms with van der Waals surface area (Å²) < 4.78 is 0. The van der Waals surface area contributed by atoms with Crippen LogP contribution in [-0.2, 0) is 4.79 Å². The molecular formula is C12H21NO3. The standard InChI is InChI=1S/C12H21NO3/c1-10(14)9-11(2,3)12(13(15)16)7-5-4-6-8-12/h4-9H2,1-3H3. The molecule has 0 radical (unpaired) electrons. The largest absolute Gasteiger partial charge is 0.300 e. The van der Waals surface area contributed by atoms with E-state index in [0.717, 1.165) is 19.3 Å². The summed E-state index contributed by atoms with van der Waals surface area (Å²) in [5.74, 6) is 0.0387. The van der Waals surface area contributed by atoms with Crippen molar-refractivity contribution in [2.75, 3.05) is 0 Å². The average Bonchev–Trinajstić information content (AvgIpc) is 2.16. The Labute approximate surface area is 96.6 Å². The Balaban J connectivity index is 2.99. The molecule has 1 aliphatic carbocycles. The van der Waals surface area contributed by atoms with Gasteiger partial charge in [0.05, 0.1) is 0 Å². The SMILES string of the molecule is CC(=O)CC(C)(C)C1([N+](=O)[O-])CCCCC1. The second kappa shape index (κ2) is 4.52. The van der Waals surface area contributed by atoms with Gasteiger partial charge in [0, 0.05) is 29.6 Å². The monoisotopic (exact) mass is 227 g/mol. The summed E-state index contributed by atoms with van der Waals surface area (Å²) in [6, 6.07) is 0. The molecule has 0 amide bonds. The molecule has 1 aliphatic rings. The smallest absolute Gasteiger partial charge is 0.227 e. The zero-order valence-corrected chi connectivity index (χ0v) is 10.4. The summed E-state index contributed by atoms with van der Waals surface area (Å²) in [6.45, 7) is 5.24. The highest BCUT2D eigenvalue weighted by Gasteiger charge is 2.56. The van der Waals surface area contributed by atoms with Crippen LogP contribution in [0.3, 0.4) is 0 Å². The van der Waals surface area contributed by atoms with E-state index in [1.54, 1.807) is 0 Å². The first-order chi connectivity index (χ1) is 7.32. The van der Waals surface area contributed by atoms with Crippen LogP contribution < -0.4 is 0 Å². The lowest BCUT2D eigenvalue weighted by Crippen LogP contribution is -2.53. The van der Waals surface area contributed by atoms with Crippen LogP contribution in [0.15, 0.2) is 0 Å². The molecule has 0 aliphatic heterocycles. The first-order valence-electron chi connectivity index (χ1n) is 5.96. The molecule has 1 rings (SSSR count). The highest BCUT2D eigenvalue weighted by molar-refractivity contribution is 5.76. The minimum Gasteiger partial charge on any atom is -0.300 e. The average molecular weight is 227 g/mol. The number of carbonyl (C=O) groups is 1. The van der Waals surface area contributed by atoms with Crippen molar-refractivity contribution >= 4 is 5.78 Å². The van der Waals surface area contributed by atoms with Crippen molar-refractivity contribution in [2.45, 2.75) is 64.8 Å². The molecule has 0 aromatic carbocycles. The highest BCUT2D eigenvalue weighted by Crippen LogP contribution is 2.46.